The summed E-state index contributed by atoms with van der Waals surface area (Å²) in [5, 5.41) is 0. The quantitative estimate of drug-likeness (QED) is 0.485. The van der Waals surface area contributed by atoms with Crippen LogP contribution in [0.1, 0.15) is 66.2 Å². The van der Waals surface area contributed by atoms with Gasteiger partial charge in [0.25, 0.3) is 0 Å². The molecule has 6 atom stereocenters. The van der Waals surface area contributed by atoms with E-state index in [1.807, 2.05) is 0 Å². The summed E-state index contributed by atoms with van der Waals surface area (Å²) in [5.41, 5.74) is 2.13. The molecule has 0 N–H and O–H groups in total. The van der Waals surface area contributed by atoms with E-state index in [1.54, 1.807) is 5.57 Å². The zero-order valence-electron chi connectivity index (χ0n) is 13.6. The lowest BCUT2D eigenvalue weighted by Gasteiger charge is -2.55. The fourth-order valence-electron chi connectivity index (χ4n) is 5.36. The van der Waals surface area contributed by atoms with Crippen LogP contribution in [0.4, 0.5) is 0 Å². The Morgan fingerprint density at radius 3 is 2.65 bits per heavy atom. The highest BCUT2D eigenvalue weighted by Gasteiger charge is 2.50. The highest BCUT2D eigenvalue weighted by molar-refractivity contribution is 5.61. The van der Waals surface area contributed by atoms with Gasteiger partial charge in [-0.2, -0.15) is 0 Å². The number of allylic oxidation sites excluding steroid dienone is 2. The van der Waals surface area contributed by atoms with Gasteiger partial charge < -0.3 is 4.79 Å². The lowest BCUT2D eigenvalue weighted by molar-refractivity contribution is -0.118. The summed E-state index contributed by atoms with van der Waals surface area (Å²) >= 11 is 0. The second kappa shape index (κ2) is 4.71. The molecule has 2 fully saturated rings. The van der Waals surface area contributed by atoms with Gasteiger partial charge in [-0.15, -0.1) is 0 Å². The summed E-state index contributed by atoms with van der Waals surface area (Å²) in [6, 6.07) is 0. The van der Waals surface area contributed by atoms with Crippen LogP contribution < -0.4 is 0 Å². The minimum Gasteiger partial charge on any atom is -0.303 e. The number of carbonyl (C=O) groups is 1. The second-order valence-corrected chi connectivity index (χ2v) is 8.41. The molecule has 20 heavy (non-hydrogen) atoms. The Morgan fingerprint density at radius 1 is 1.20 bits per heavy atom. The highest BCUT2D eigenvalue weighted by Crippen LogP contribution is 2.60. The van der Waals surface area contributed by atoms with Crippen molar-refractivity contribution in [2.45, 2.75) is 66.2 Å². The number of hydrogen-bond acceptors (Lipinski definition) is 1. The first-order valence-corrected chi connectivity index (χ1v) is 8.58. The van der Waals surface area contributed by atoms with Gasteiger partial charge in [0.05, 0.1) is 0 Å². The van der Waals surface area contributed by atoms with Crippen LogP contribution in [0.3, 0.4) is 0 Å². The number of carbonyl (C=O) groups excluding carboxylic acids is 1. The first-order chi connectivity index (χ1) is 9.40. The Morgan fingerprint density at radius 2 is 1.95 bits per heavy atom. The van der Waals surface area contributed by atoms with Crippen molar-refractivity contribution in [1.29, 1.82) is 0 Å². The molecule has 0 saturated heterocycles. The van der Waals surface area contributed by atoms with E-state index in [2.05, 4.69) is 33.8 Å². The van der Waals surface area contributed by atoms with Crippen LogP contribution in [0.25, 0.3) is 0 Å². The zero-order valence-corrected chi connectivity index (χ0v) is 13.6. The van der Waals surface area contributed by atoms with E-state index in [0.29, 0.717) is 17.3 Å². The van der Waals surface area contributed by atoms with Crippen molar-refractivity contribution in [3.63, 3.8) is 0 Å². The van der Waals surface area contributed by atoms with Gasteiger partial charge in [0.2, 0.25) is 0 Å². The molecule has 112 valence electrons. The Balaban J connectivity index is 1.96. The molecule has 3 rings (SSSR count). The number of fused-ring (bicyclic) bond motifs is 3. The predicted octanol–water partition coefficient (Wildman–Crippen LogP) is 5.01. The largest absolute Gasteiger partial charge is 0.303 e. The van der Waals surface area contributed by atoms with Crippen molar-refractivity contribution in [3.8, 4) is 0 Å². The molecule has 0 aromatic carbocycles. The Bertz CT molecular complexity index is 437. The highest BCUT2D eigenvalue weighted by atomic mass is 16.1. The molecule has 0 aromatic rings. The first kappa shape index (κ1) is 14.4. The molecule has 1 heteroatoms. The van der Waals surface area contributed by atoms with Gasteiger partial charge in [-0.05, 0) is 54.8 Å². The summed E-state index contributed by atoms with van der Waals surface area (Å²) in [5.74, 6) is 2.75. The fourth-order valence-corrected chi connectivity index (χ4v) is 5.36. The normalized spacial score (nSPS) is 51.7. The van der Waals surface area contributed by atoms with Crippen molar-refractivity contribution < 1.29 is 4.79 Å². The van der Waals surface area contributed by atoms with Gasteiger partial charge in [-0.1, -0.05) is 52.2 Å². The van der Waals surface area contributed by atoms with Crippen LogP contribution in [-0.2, 0) is 4.79 Å². The van der Waals surface area contributed by atoms with Crippen LogP contribution in [0, 0.1) is 34.5 Å². The molecule has 0 spiro atoms. The first-order valence-electron chi connectivity index (χ1n) is 8.58. The van der Waals surface area contributed by atoms with E-state index in [1.165, 1.54) is 38.4 Å². The number of hydrogen-bond donors (Lipinski definition) is 0. The summed E-state index contributed by atoms with van der Waals surface area (Å²) < 4.78 is 0. The van der Waals surface area contributed by atoms with Crippen LogP contribution in [-0.4, -0.2) is 6.29 Å². The zero-order chi connectivity index (χ0) is 14.5. The fraction of sp³-hybridized carbons (Fsp3) is 0.842. The molecular formula is C19H30O. The molecule has 3 aliphatic rings. The van der Waals surface area contributed by atoms with Crippen molar-refractivity contribution in [1.82, 2.24) is 0 Å². The molecule has 1 nitrogen and oxygen atoms in total. The van der Waals surface area contributed by atoms with E-state index in [9.17, 15) is 4.79 Å². The predicted molar refractivity (Wildman–Crippen MR) is 83.4 cm³/mol. The lowest BCUT2D eigenvalue weighted by Crippen LogP contribution is -2.47. The van der Waals surface area contributed by atoms with Crippen molar-refractivity contribution >= 4 is 6.29 Å². The smallest absolute Gasteiger partial charge is 0.126 e. The molecule has 3 aliphatic carbocycles. The summed E-state index contributed by atoms with van der Waals surface area (Å²) in [6.07, 6.45) is 11.7. The van der Waals surface area contributed by atoms with Gasteiger partial charge in [0.15, 0.2) is 0 Å². The topological polar surface area (TPSA) is 17.1 Å². The third kappa shape index (κ3) is 1.92. The summed E-state index contributed by atoms with van der Waals surface area (Å²) in [7, 11) is 0. The second-order valence-electron chi connectivity index (χ2n) is 8.41. The van der Waals surface area contributed by atoms with Gasteiger partial charge in [0, 0.05) is 5.41 Å². The minimum atomic E-state index is -0.123. The Labute approximate surface area is 124 Å². The maximum atomic E-state index is 11.5. The maximum absolute atomic E-state index is 11.5. The van der Waals surface area contributed by atoms with Crippen LogP contribution in [0.2, 0.25) is 0 Å². The summed E-state index contributed by atoms with van der Waals surface area (Å²) in [4.78, 5) is 11.5. The molecule has 0 radical (unpaired) electrons. The summed E-state index contributed by atoms with van der Waals surface area (Å²) in [6.45, 7) is 9.41. The Kier molecular flexibility index (Phi) is 3.38. The van der Waals surface area contributed by atoms with Gasteiger partial charge in [0.1, 0.15) is 6.29 Å². The number of rotatable bonds is 1. The standard InChI is InChI=1S/C19H30O/c1-13-6-5-7-17-16-10-14(2)18(3,12-20)11-15(16)8-9-19(13,17)4/h10,12-15,17H,5-9,11H2,1-4H3. The van der Waals surface area contributed by atoms with Crippen molar-refractivity contribution in [2.75, 3.05) is 0 Å². The molecule has 0 heterocycles. The average molecular weight is 274 g/mol. The molecule has 0 aliphatic heterocycles. The van der Waals surface area contributed by atoms with E-state index in [4.69, 9.17) is 0 Å². The SMILES string of the molecule is CC1C=C2C(CCC3(C)C(C)CCCC23)CC1(C)C=O. The molecule has 0 aromatic heterocycles. The van der Waals surface area contributed by atoms with Crippen LogP contribution in [0.5, 0.6) is 0 Å². The molecule has 0 amide bonds. The van der Waals surface area contributed by atoms with E-state index < -0.39 is 0 Å². The van der Waals surface area contributed by atoms with Crippen LogP contribution in [0.15, 0.2) is 11.6 Å². The van der Waals surface area contributed by atoms with Crippen molar-refractivity contribution in [2.24, 2.45) is 34.5 Å². The third-order valence-electron chi connectivity index (χ3n) is 7.40. The molecule has 6 unspecified atom stereocenters. The molecular weight excluding hydrogens is 244 g/mol. The monoisotopic (exact) mass is 274 g/mol. The Hall–Kier alpha value is -0.590. The molecule has 0 bridgehead atoms. The lowest BCUT2D eigenvalue weighted by atomic mass is 9.49. The van der Waals surface area contributed by atoms with Crippen LogP contribution >= 0.6 is 0 Å². The van der Waals surface area contributed by atoms with Gasteiger partial charge in [-0.3, -0.25) is 0 Å². The molecule has 2 saturated carbocycles. The number of aldehydes is 1. The van der Waals surface area contributed by atoms with E-state index in [0.717, 1.165) is 18.3 Å². The van der Waals surface area contributed by atoms with E-state index >= 15 is 0 Å². The maximum Gasteiger partial charge on any atom is 0.126 e. The van der Waals surface area contributed by atoms with E-state index in [-0.39, 0.29) is 5.41 Å². The average Bonchev–Trinajstić information content (AvgIpc) is 2.42. The van der Waals surface area contributed by atoms with Crippen molar-refractivity contribution in [3.05, 3.63) is 11.6 Å². The van der Waals surface area contributed by atoms with Gasteiger partial charge >= 0.3 is 0 Å². The van der Waals surface area contributed by atoms with Gasteiger partial charge in [-0.25, -0.2) is 0 Å². The third-order valence-corrected chi connectivity index (χ3v) is 7.40. The minimum absolute atomic E-state index is 0.123.